The minimum Gasteiger partial charge on any atom is -0.465 e. The van der Waals surface area contributed by atoms with Crippen LogP contribution in [0.4, 0.5) is 9.18 Å². The average molecular weight is 316 g/mol. The predicted molar refractivity (Wildman–Crippen MR) is 77.9 cm³/mol. The van der Waals surface area contributed by atoms with Crippen LogP contribution in [0.3, 0.4) is 0 Å². The molecule has 6 heteroatoms. The van der Waals surface area contributed by atoms with Crippen molar-refractivity contribution in [3.63, 3.8) is 0 Å². The summed E-state index contributed by atoms with van der Waals surface area (Å²) in [6.45, 7) is 5.63. The molecule has 0 aliphatic carbocycles. The van der Waals surface area contributed by atoms with Gasteiger partial charge >= 0.3 is 6.09 Å². The van der Waals surface area contributed by atoms with Crippen LogP contribution < -0.4 is 0 Å². The van der Waals surface area contributed by atoms with E-state index in [-0.39, 0.29) is 23.6 Å². The predicted octanol–water partition coefficient (Wildman–Crippen LogP) is 3.47. The van der Waals surface area contributed by atoms with Crippen LogP contribution >= 0.6 is 11.6 Å². The fourth-order valence-corrected chi connectivity index (χ4v) is 3.50. The van der Waals surface area contributed by atoms with Gasteiger partial charge in [-0.1, -0.05) is 44.5 Å². The molecule has 0 saturated carbocycles. The maximum Gasteiger partial charge on any atom is 0.407 e. The van der Waals surface area contributed by atoms with E-state index in [1.165, 1.54) is 17.0 Å². The number of carboxylic acid groups (broad SMARTS) is 1. The number of amides is 1. The lowest BCUT2D eigenvalue weighted by atomic mass is 9.73. The van der Waals surface area contributed by atoms with E-state index in [4.69, 9.17) is 11.6 Å². The number of hydrogen-bond acceptors (Lipinski definition) is 2. The van der Waals surface area contributed by atoms with Crippen molar-refractivity contribution < 1.29 is 19.4 Å². The lowest BCUT2D eigenvalue weighted by Crippen LogP contribution is -2.52. The van der Waals surface area contributed by atoms with E-state index in [0.717, 1.165) is 0 Å². The van der Waals surface area contributed by atoms with Gasteiger partial charge in [-0.3, -0.25) is 0 Å². The second kappa shape index (κ2) is 5.14. The van der Waals surface area contributed by atoms with Crippen LogP contribution in [0, 0.1) is 11.2 Å². The zero-order valence-corrected chi connectivity index (χ0v) is 13.0. The monoisotopic (exact) mass is 315 g/mol. The minimum absolute atomic E-state index is 0.0543. The molecule has 1 amide bonds. The highest BCUT2D eigenvalue weighted by molar-refractivity contribution is 6.30. The van der Waals surface area contributed by atoms with E-state index < -0.39 is 29.0 Å². The van der Waals surface area contributed by atoms with Gasteiger partial charge in [0.2, 0.25) is 0 Å². The largest absolute Gasteiger partial charge is 0.465 e. The third-order valence-electron chi connectivity index (χ3n) is 3.98. The Kier molecular flexibility index (Phi) is 3.93. The molecule has 1 aliphatic rings. The summed E-state index contributed by atoms with van der Waals surface area (Å²) in [6, 6.07) is 3.67. The van der Waals surface area contributed by atoms with Gasteiger partial charge in [-0.25, -0.2) is 9.18 Å². The van der Waals surface area contributed by atoms with E-state index in [2.05, 4.69) is 0 Å². The van der Waals surface area contributed by atoms with Crippen molar-refractivity contribution in [2.24, 2.45) is 5.41 Å². The molecule has 2 N–H and O–H groups in total. The number of hydrogen-bond donors (Lipinski definition) is 2. The molecule has 116 valence electrons. The molecule has 2 atom stereocenters. The van der Waals surface area contributed by atoms with Gasteiger partial charge in [0, 0.05) is 18.5 Å². The van der Waals surface area contributed by atoms with Gasteiger partial charge in [0.25, 0.3) is 0 Å². The number of nitrogens with zero attached hydrogens (tertiary/aromatic N) is 1. The molecule has 2 unspecified atom stereocenters. The van der Waals surface area contributed by atoms with Crippen molar-refractivity contribution >= 4 is 17.7 Å². The molecule has 1 saturated heterocycles. The molecular formula is C15H19ClFNO3. The molecular weight excluding hydrogens is 297 g/mol. The van der Waals surface area contributed by atoms with Gasteiger partial charge in [0.05, 0.1) is 11.1 Å². The highest BCUT2D eigenvalue weighted by Crippen LogP contribution is 2.47. The lowest BCUT2D eigenvalue weighted by molar-refractivity contribution is -0.0435. The smallest absolute Gasteiger partial charge is 0.407 e. The van der Waals surface area contributed by atoms with Gasteiger partial charge in [0.1, 0.15) is 11.4 Å². The Morgan fingerprint density at radius 1 is 1.48 bits per heavy atom. The number of rotatable bonds is 1. The Morgan fingerprint density at radius 3 is 2.62 bits per heavy atom. The van der Waals surface area contributed by atoms with Gasteiger partial charge in [-0.05, 0) is 11.5 Å². The van der Waals surface area contributed by atoms with Crippen molar-refractivity contribution in [1.82, 2.24) is 4.90 Å². The summed E-state index contributed by atoms with van der Waals surface area (Å²) in [7, 11) is 0. The minimum atomic E-state index is -1.59. The van der Waals surface area contributed by atoms with Crippen LogP contribution in [-0.4, -0.2) is 33.8 Å². The maximum absolute atomic E-state index is 14.3. The summed E-state index contributed by atoms with van der Waals surface area (Å²) in [5.74, 6) is -0.692. The third-order valence-corrected chi connectivity index (χ3v) is 4.27. The molecule has 1 aliphatic heterocycles. The first-order chi connectivity index (χ1) is 9.59. The number of halogens is 2. The molecule has 1 aromatic rings. The van der Waals surface area contributed by atoms with Gasteiger partial charge in [-0.15, -0.1) is 0 Å². The molecule has 2 rings (SSSR count). The summed E-state index contributed by atoms with van der Waals surface area (Å²) in [5.41, 5.74) is -2.09. The number of likely N-dealkylation sites (tertiary alicyclic amines) is 1. The van der Waals surface area contributed by atoms with Gasteiger partial charge < -0.3 is 15.1 Å². The van der Waals surface area contributed by atoms with E-state index in [0.29, 0.717) is 0 Å². The SMILES string of the molecule is CC(C)(C)C1N(C(=O)O)CCC1(O)c1cccc(Cl)c1F. The quantitative estimate of drug-likeness (QED) is 0.834. The molecule has 4 nitrogen and oxygen atoms in total. The normalized spacial score (nSPS) is 26.2. The second-order valence-electron chi connectivity index (χ2n) is 6.52. The van der Waals surface area contributed by atoms with E-state index >= 15 is 0 Å². The van der Waals surface area contributed by atoms with E-state index in [9.17, 15) is 19.4 Å². The Hall–Kier alpha value is -1.33. The van der Waals surface area contributed by atoms with Crippen LogP contribution in [0.15, 0.2) is 18.2 Å². The Morgan fingerprint density at radius 2 is 2.10 bits per heavy atom. The Bertz CT molecular complexity index is 573. The van der Waals surface area contributed by atoms with Crippen molar-refractivity contribution in [1.29, 1.82) is 0 Å². The molecule has 1 fully saturated rings. The van der Waals surface area contributed by atoms with Crippen molar-refractivity contribution in [3.8, 4) is 0 Å². The fourth-order valence-electron chi connectivity index (χ4n) is 3.32. The Labute approximate surface area is 128 Å². The first-order valence-corrected chi connectivity index (χ1v) is 7.13. The van der Waals surface area contributed by atoms with Crippen LogP contribution in [0.5, 0.6) is 0 Å². The highest BCUT2D eigenvalue weighted by Gasteiger charge is 2.55. The highest BCUT2D eigenvalue weighted by atomic mass is 35.5. The zero-order valence-electron chi connectivity index (χ0n) is 12.2. The zero-order chi connectivity index (χ0) is 16.0. The first-order valence-electron chi connectivity index (χ1n) is 6.75. The molecule has 1 heterocycles. The van der Waals surface area contributed by atoms with Crippen LogP contribution in [-0.2, 0) is 5.60 Å². The fraction of sp³-hybridized carbons (Fsp3) is 0.533. The third kappa shape index (κ3) is 2.60. The first kappa shape index (κ1) is 16.0. The van der Waals surface area contributed by atoms with Crippen LogP contribution in [0.1, 0.15) is 32.8 Å². The lowest BCUT2D eigenvalue weighted by Gasteiger charge is -2.42. The second-order valence-corrected chi connectivity index (χ2v) is 6.93. The maximum atomic E-state index is 14.3. The number of aliphatic hydroxyl groups is 1. The van der Waals surface area contributed by atoms with Crippen LogP contribution in [0.2, 0.25) is 5.02 Å². The molecule has 21 heavy (non-hydrogen) atoms. The van der Waals surface area contributed by atoms with E-state index in [1.807, 2.05) is 20.8 Å². The van der Waals surface area contributed by atoms with Gasteiger partial charge in [0.15, 0.2) is 0 Å². The standard InChI is InChI=1S/C15H19ClFNO3/c1-14(2,3)12-15(21,7-8-18(12)13(19)20)9-5-4-6-10(16)11(9)17/h4-6,12,21H,7-8H2,1-3H3,(H,19,20). The number of benzene rings is 1. The van der Waals surface area contributed by atoms with E-state index in [1.54, 1.807) is 6.07 Å². The Balaban J connectivity index is 2.59. The van der Waals surface area contributed by atoms with Gasteiger partial charge in [-0.2, -0.15) is 0 Å². The molecule has 0 aromatic heterocycles. The number of carbonyl (C=O) groups is 1. The van der Waals surface area contributed by atoms with Crippen molar-refractivity contribution in [2.75, 3.05) is 6.54 Å². The van der Waals surface area contributed by atoms with Crippen molar-refractivity contribution in [3.05, 3.63) is 34.6 Å². The summed E-state index contributed by atoms with van der Waals surface area (Å²) < 4.78 is 14.3. The molecule has 0 radical (unpaired) electrons. The summed E-state index contributed by atoms with van der Waals surface area (Å²) in [6.07, 6.45) is -0.980. The topological polar surface area (TPSA) is 60.8 Å². The summed E-state index contributed by atoms with van der Waals surface area (Å²) >= 11 is 5.80. The molecule has 0 bridgehead atoms. The summed E-state index contributed by atoms with van der Waals surface area (Å²) in [4.78, 5) is 12.6. The van der Waals surface area contributed by atoms with Crippen LogP contribution in [0.25, 0.3) is 0 Å². The average Bonchev–Trinajstić information content (AvgIpc) is 2.71. The molecule has 0 spiro atoms. The summed E-state index contributed by atoms with van der Waals surface area (Å²) in [5, 5.41) is 20.3. The van der Waals surface area contributed by atoms with Crippen molar-refractivity contribution in [2.45, 2.75) is 38.8 Å². The molecule has 1 aromatic carbocycles.